The predicted molar refractivity (Wildman–Crippen MR) is 155 cm³/mol. The Labute approximate surface area is 233 Å². The molecule has 0 radical (unpaired) electrons. The number of hydrogen-bond acceptors (Lipinski definition) is 6. The molecule has 0 N–H and O–H groups in total. The van der Waals surface area contributed by atoms with Crippen LogP contribution in [0.4, 0.5) is 5.69 Å². The first-order valence-corrected chi connectivity index (χ1v) is 16.1. The molecule has 1 heterocycles. The summed E-state index contributed by atoms with van der Waals surface area (Å²) < 4.78 is 33.8. The Bertz CT molecular complexity index is 1200. The number of benzene rings is 1. The van der Waals surface area contributed by atoms with E-state index in [1.807, 2.05) is 0 Å². The van der Waals surface area contributed by atoms with Gasteiger partial charge in [-0.3, -0.25) is 14.9 Å². The highest BCUT2D eigenvalue weighted by Crippen LogP contribution is 2.28. The zero-order valence-corrected chi connectivity index (χ0v) is 25.1. The van der Waals surface area contributed by atoms with E-state index in [2.05, 4.69) is 6.92 Å². The zero-order chi connectivity index (χ0) is 28.8. The SMILES string of the molecule is CCCCCCCCCCCCCCCCN(C)S(=O)(=O)c1ccc(-n2oc(C)c(CC)c2=O)c([N+](=O)[O-])c1. The van der Waals surface area contributed by atoms with Crippen molar-refractivity contribution in [3.05, 3.63) is 50.0 Å². The van der Waals surface area contributed by atoms with Crippen LogP contribution in [0.2, 0.25) is 0 Å². The number of nitro groups is 1. The Morgan fingerprint density at radius 1 is 0.897 bits per heavy atom. The maximum Gasteiger partial charge on any atom is 0.297 e. The van der Waals surface area contributed by atoms with Crippen molar-refractivity contribution in [1.82, 2.24) is 9.05 Å². The van der Waals surface area contributed by atoms with E-state index < -0.39 is 26.2 Å². The lowest BCUT2D eigenvalue weighted by atomic mass is 10.0. The van der Waals surface area contributed by atoms with Crippen LogP contribution in [0.5, 0.6) is 0 Å². The van der Waals surface area contributed by atoms with E-state index in [1.165, 1.54) is 87.7 Å². The van der Waals surface area contributed by atoms with Crippen LogP contribution >= 0.6 is 0 Å². The molecular formula is C29H47N3O6S. The van der Waals surface area contributed by atoms with Crippen molar-refractivity contribution in [2.75, 3.05) is 13.6 Å². The molecule has 1 aromatic carbocycles. The molecule has 0 fully saturated rings. The molecule has 220 valence electrons. The second-order valence-electron chi connectivity index (χ2n) is 10.4. The van der Waals surface area contributed by atoms with Crippen molar-refractivity contribution < 1.29 is 17.9 Å². The molecule has 0 spiro atoms. The van der Waals surface area contributed by atoms with Gasteiger partial charge in [0.1, 0.15) is 5.76 Å². The summed E-state index contributed by atoms with van der Waals surface area (Å²) >= 11 is 0. The molecule has 2 rings (SSSR count). The van der Waals surface area contributed by atoms with E-state index in [-0.39, 0.29) is 10.6 Å². The Balaban J connectivity index is 1.82. The van der Waals surface area contributed by atoms with Gasteiger partial charge in [-0.25, -0.2) is 12.7 Å². The van der Waals surface area contributed by atoms with Crippen LogP contribution in [0.3, 0.4) is 0 Å². The number of nitrogens with zero attached hydrogens (tertiary/aromatic N) is 3. The Kier molecular flexibility index (Phi) is 13.9. The van der Waals surface area contributed by atoms with Gasteiger partial charge in [0.2, 0.25) is 10.0 Å². The molecule has 0 aliphatic rings. The van der Waals surface area contributed by atoms with Gasteiger partial charge in [-0.15, -0.1) is 4.74 Å². The van der Waals surface area contributed by atoms with Crippen molar-refractivity contribution in [2.45, 2.75) is 122 Å². The van der Waals surface area contributed by atoms with Gasteiger partial charge in [0, 0.05) is 19.7 Å². The number of nitro benzene ring substituents is 1. The minimum Gasteiger partial charge on any atom is -0.376 e. The molecule has 0 saturated heterocycles. The first-order valence-electron chi connectivity index (χ1n) is 14.6. The van der Waals surface area contributed by atoms with Crippen LogP contribution in [-0.4, -0.2) is 36.0 Å². The molecule has 0 bridgehead atoms. The number of aromatic nitrogens is 1. The Hall–Kier alpha value is -2.46. The average molecular weight is 566 g/mol. The van der Waals surface area contributed by atoms with E-state index >= 15 is 0 Å². The minimum absolute atomic E-state index is 0.0959. The van der Waals surface area contributed by atoms with Gasteiger partial charge in [-0.05, 0) is 31.9 Å². The van der Waals surface area contributed by atoms with Crippen molar-refractivity contribution in [3.63, 3.8) is 0 Å². The predicted octanol–water partition coefficient (Wildman–Crippen LogP) is 7.31. The van der Waals surface area contributed by atoms with Gasteiger partial charge in [0.15, 0.2) is 5.69 Å². The summed E-state index contributed by atoms with van der Waals surface area (Å²) in [7, 11) is -2.43. The summed E-state index contributed by atoms with van der Waals surface area (Å²) in [5.74, 6) is 0.376. The van der Waals surface area contributed by atoms with Crippen molar-refractivity contribution in [1.29, 1.82) is 0 Å². The lowest BCUT2D eigenvalue weighted by Crippen LogP contribution is -2.28. The number of hydrogen-bond donors (Lipinski definition) is 0. The van der Waals surface area contributed by atoms with E-state index in [0.29, 0.717) is 24.3 Å². The van der Waals surface area contributed by atoms with Gasteiger partial charge in [0.25, 0.3) is 11.2 Å². The molecule has 0 amide bonds. The number of aryl methyl sites for hydroxylation is 1. The fraction of sp³-hybridized carbons (Fsp3) is 0.690. The largest absolute Gasteiger partial charge is 0.376 e. The summed E-state index contributed by atoms with van der Waals surface area (Å²) in [4.78, 5) is 23.5. The fourth-order valence-electron chi connectivity index (χ4n) is 4.88. The van der Waals surface area contributed by atoms with Crippen LogP contribution in [0.1, 0.15) is 115 Å². The molecule has 0 saturated carbocycles. The monoisotopic (exact) mass is 565 g/mol. The molecule has 0 atom stereocenters. The maximum atomic E-state index is 13.1. The molecule has 39 heavy (non-hydrogen) atoms. The zero-order valence-electron chi connectivity index (χ0n) is 24.2. The Morgan fingerprint density at radius 3 is 1.87 bits per heavy atom. The average Bonchev–Trinajstić information content (AvgIpc) is 3.20. The minimum atomic E-state index is -3.92. The lowest BCUT2D eigenvalue weighted by molar-refractivity contribution is -0.385. The molecule has 9 nitrogen and oxygen atoms in total. The topological polar surface area (TPSA) is 116 Å². The van der Waals surface area contributed by atoms with Gasteiger partial charge < -0.3 is 4.52 Å². The molecule has 2 aromatic rings. The molecule has 0 unspecified atom stereocenters. The van der Waals surface area contributed by atoms with Crippen molar-refractivity contribution >= 4 is 15.7 Å². The molecular weight excluding hydrogens is 518 g/mol. The summed E-state index contributed by atoms with van der Waals surface area (Å²) in [6.45, 7) is 5.99. The quantitative estimate of drug-likeness (QED) is 0.0944. The smallest absolute Gasteiger partial charge is 0.297 e. The number of unbranched alkanes of at least 4 members (excludes halogenated alkanes) is 13. The fourth-order valence-corrected chi connectivity index (χ4v) is 6.11. The number of rotatable bonds is 20. The highest BCUT2D eigenvalue weighted by Gasteiger charge is 2.27. The summed E-state index contributed by atoms with van der Waals surface area (Å²) in [5, 5.41) is 11.8. The standard InChI is InChI=1S/C29H47N3O6S/c1-5-7-8-9-10-11-12-13-14-15-16-17-18-19-22-30(4)39(36,37)25-20-21-27(28(23-25)32(34)35)31-29(33)26(6-2)24(3)38-31/h20-21,23H,5-19,22H2,1-4H3. The van der Waals surface area contributed by atoms with Gasteiger partial charge >= 0.3 is 0 Å². The maximum absolute atomic E-state index is 13.1. The van der Waals surface area contributed by atoms with E-state index in [0.717, 1.165) is 36.5 Å². The molecule has 10 heteroatoms. The first kappa shape index (κ1) is 32.8. The third kappa shape index (κ3) is 9.60. The van der Waals surface area contributed by atoms with E-state index in [1.54, 1.807) is 13.8 Å². The molecule has 0 aliphatic carbocycles. The van der Waals surface area contributed by atoms with Crippen LogP contribution < -0.4 is 5.56 Å². The second-order valence-corrected chi connectivity index (χ2v) is 12.5. The van der Waals surface area contributed by atoms with Crippen LogP contribution in [0, 0.1) is 17.0 Å². The summed E-state index contributed by atoms with van der Waals surface area (Å²) in [6.07, 6.45) is 17.5. The van der Waals surface area contributed by atoms with Crippen molar-refractivity contribution in [2.24, 2.45) is 0 Å². The first-order chi connectivity index (χ1) is 18.6. The van der Waals surface area contributed by atoms with Crippen LogP contribution in [0.15, 0.2) is 32.4 Å². The highest BCUT2D eigenvalue weighted by molar-refractivity contribution is 7.89. The third-order valence-corrected chi connectivity index (χ3v) is 9.20. The van der Waals surface area contributed by atoms with Gasteiger partial charge in [-0.1, -0.05) is 97.3 Å². The van der Waals surface area contributed by atoms with E-state index in [9.17, 15) is 23.3 Å². The van der Waals surface area contributed by atoms with Crippen LogP contribution in [-0.2, 0) is 16.4 Å². The van der Waals surface area contributed by atoms with Gasteiger partial charge in [0.05, 0.1) is 15.4 Å². The van der Waals surface area contributed by atoms with Gasteiger partial charge in [-0.2, -0.15) is 0 Å². The second kappa shape index (κ2) is 16.6. The van der Waals surface area contributed by atoms with Crippen molar-refractivity contribution in [3.8, 4) is 5.69 Å². The van der Waals surface area contributed by atoms with Crippen LogP contribution in [0.25, 0.3) is 5.69 Å². The third-order valence-electron chi connectivity index (χ3n) is 7.35. The summed E-state index contributed by atoms with van der Waals surface area (Å²) in [5.41, 5.74) is -0.654. The normalized spacial score (nSPS) is 11.9. The summed E-state index contributed by atoms with van der Waals surface area (Å²) in [6, 6.07) is 3.55. The highest BCUT2D eigenvalue weighted by atomic mass is 32.2. The van der Waals surface area contributed by atoms with E-state index in [4.69, 9.17) is 4.52 Å². The molecule has 0 aliphatic heterocycles. The molecule has 1 aromatic heterocycles. The lowest BCUT2D eigenvalue weighted by Gasteiger charge is -2.17. The Morgan fingerprint density at radius 2 is 1.41 bits per heavy atom. The number of sulfonamides is 1.